The van der Waals surface area contributed by atoms with E-state index < -0.39 is 11.8 Å². The average molecular weight is 504 g/mol. The Kier molecular flexibility index (Phi) is 8.42. The van der Waals surface area contributed by atoms with Gasteiger partial charge in [-0.1, -0.05) is 24.3 Å². The molecule has 0 aliphatic carbocycles. The van der Waals surface area contributed by atoms with Crippen LogP contribution in [0, 0.1) is 0 Å². The second-order valence-electron chi connectivity index (χ2n) is 8.73. The molecule has 1 aliphatic heterocycles. The summed E-state index contributed by atoms with van der Waals surface area (Å²) in [5.41, 5.74) is 2.38. The Labute approximate surface area is 214 Å². The fraction of sp³-hybridized carbons (Fsp3) is 0.296. The van der Waals surface area contributed by atoms with Gasteiger partial charge in [-0.2, -0.15) is 0 Å². The van der Waals surface area contributed by atoms with E-state index in [2.05, 4.69) is 20.6 Å². The summed E-state index contributed by atoms with van der Waals surface area (Å²) in [6.45, 7) is 1.58. The number of rotatable bonds is 8. The van der Waals surface area contributed by atoms with Crippen LogP contribution in [0.3, 0.4) is 0 Å². The summed E-state index contributed by atoms with van der Waals surface area (Å²) < 4.78 is 5.19. The quantitative estimate of drug-likeness (QED) is 0.428. The van der Waals surface area contributed by atoms with E-state index >= 15 is 0 Å². The third kappa shape index (κ3) is 6.89. The number of likely N-dealkylation sites (tertiary alicyclic amines) is 1. The molecule has 1 saturated heterocycles. The average Bonchev–Trinajstić information content (AvgIpc) is 2.95. The van der Waals surface area contributed by atoms with Crippen LogP contribution in [0.25, 0.3) is 0 Å². The molecule has 2 aromatic carbocycles. The van der Waals surface area contributed by atoms with E-state index in [1.807, 2.05) is 24.3 Å². The lowest BCUT2D eigenvalue weighted by molar-refractivity contribution is 0.0546. The van der Waals surface area contributed by atoms with Crippen molar-refractivity contribution in [1.29, 1.82) is 0 Å². The molecule has 2 heterocycles. The molecule has 4 rings (SSSR count). The Bertz CT molecular complexity index is 1260. The number of carbonyl (C=O) groups excluding carboxylic acids is 3. The standard InChI is InChI=1S/C27H29N5O5/c1-37-22-4-2-3-19(13-22)16-29-26(35)24-14-23(30-17-31-24)25(34)28-15-18-5-7-20(8-6-18)27(36)32-11-9-21(33)10-12-32/h2-8,13-14,17,21,33H,9-12,15-16H2,1H3,(H,28,34)(H,29,35). The van der Waals surface area contributed by atoms with Crippen molar-refractivity contribution in [2.45, 2.75) is 32.0 Å². The molecule has 1 aromatic heterocycles. The van der Waals surface area contributed by atoms with Gasteiger partial charge in [0.1, 0.15) is 23.5 Å². The summed E-state index contributed by atoms with van der Waals surface area (Å²) >= 11 is 0. The van der Waals surface area contributed by atoms with Crippen molar-refractivity contribution in [2.24, 2.45) is 0 Å². The lowest BCUT2D eigenvalue weighted by Gasteiger charge is -2.29. The molecule has 10 nitrogen and oxygen atoms in total. The molecule has 37 heavy (non-hydrogen) atoms. The summed E-state index contributed by atoms with van der Waals surface area (Å²) in [6.07, 6.45) is 2.01. The number of nitrogens with one attached hydrogen (secondary N) is 2. The van der Waals surface area contributed by atoms with Crippen molar-refractivity contribution in [2.75, 3.05) is 20.2 Å². The summed E-state index contributed by atoms with van der Waals surface area (Å²) in [7, 11) is 1.57. The first-order valence-electron chi connectivity index (χ1n) is 12.0. The van der Waals surface area contributed by atoms with Crippen LogP contribution in [0.4, 0.5) is 0 Å². The van der Waals surface area contributed by atoms with Crippen LogP contribution >= 0.6 is 0 Å². The van der Waals surface area contributed by atoms with Crippen LogP contribution in [0.15, 0.2) is 60.9 Å². The molecule has 0 radical (unpaired) electrons. The molecular weight excluding hydrogens is 474 g/mol. The molecule has 1 aliphatic rings. The number of ether oxygens (including phenoxy) is 1. The van der Waals surface area contributed by atoms with Gasteiger partial charge in [-0.3, -0.25) is 14.4 Å². The highest BCUT2D eigenvalue weighted by molar-refractivity contribution is 5.97. The molecule has 1 fully saturated rings. The number of hydrogen-bond acceptors (Lipinski definition) is 7. The van der Waals surface area contributed by atoms with E-state index in [0.717, 1.165) is 11.1 Å². The maximum absolute atomic E-state index is 12.6. The van der Waals surface area contributed by atoms with Gasteiger partial charge in [0.15, 0.2) is 0 Å². The van der Waals surface area contributed by atoms with Gasteiger partial charge in [-0.15, -0.1) is 0 Å². The Morgan fingerprint density at radius 2 is 1.54 bits per heavy atom. The monoisotopic (exact) mass is 503 g/mol. The topological polar surface area (TPSA) is 134 Å². The molecule has 0 saturated carbocycles. The van der Waals surface area contributed by atoms with Crippen molar-refractivity contribution >= 4 is 17.7 Å². The second kappa shape index (κ2) is 12.1. The zero-order chi connectivity index (χ0) is 26.2. The number of benzene rings is 2. The van der Waals surface area contributed by atoms with E-state index in [0.29, 0.717) is 37.2 Å². The molecule has 0 spiro atoms. The Balaban J connectivity index is 1.29. The number of aliphatic hydroxyl groups is 1. The second-order valence-corrected chi connectivity index (χ2v) is 8.73. The zero-order valence-corrected chi connectivity index (χ0v) is 20.5. The van der Waals surface area contributed by atoms with Crippen LogP contribution in [0.1, 0.15) is 55.3 Å². The van der Waals surface area contributed by atoms with Gasteiger partial charge in [0.25, 0.3) is 17.7 Å². The fourth-order valence-corrected chi connectivity index (χ4v) is 3.95. The molecule has 0 bridgehead atoms. The Hall–Kier alpha value is -4.31. The number of nitrogens with zero attached hydrogens (tertiary/aromatic N) is 3. The van der Waals surface area contributed by atoms with Gasteiger partial charge in [0.05, 0.1) is 13.2 Å². The van der Waals surface area contributed by atoms with E-state index in [-0.39, 0.29) is 36.5 Å². The molecule has 3 aromatic rings. The van der Waals surface area contributed by atoms with Crippen molar-refractivity contribution in [1.82, 2.24) is 25.5 Å². The summed E-state index contributed by atoms with van der Waals surface area (Å²) in [4.78, 5) is 47.5. The summed E-state index contributed by atoms with van der Waals surface area (Å²) in [5.74, 6) is -0.253. The van der Waals surface area contributed by atoms with Gasteiger partial charge < -0.3 is 25.4 Å². The third-order valence-electron chi connectivity index (χ3n) is 6.13. The first kappa shape index (κ1) is 25.8. The van der Waals surface area contributed by atoms with Crippen LogP contribution in [0.2, 0.25) is 0 Å². The van der Waals surface area contributed by atoms with Crippen LogP contribution in [0.5, 0.6) is 5.75 Å². The first-order chi connectivity index (χ1) is 17.9. The molecule has 192 valence electrons. The number of aliphatic hydroxyl groups excluding tert-OH is 1. The van der Waals surface area contributed by atoms with Crippen molar-refractivity contribution < 1.29 is 24.2 Å². The number of amides is 3. The van der Waals surface area contributed by atoms with Gasteiger partial charge in [0, 0.05) is 37.8 Å². The van der Waals surface area contributed by atoms with Crippen molar-refractivity contribution in [3.8, 4) is 5.75 Å². The van der Waals surface area contributed by atoms with Gasteiger partial charge >= 0.3 is 0 Å². The first-order valence-corrected chi connectivity index (χ1v) is 12.0. The summed E-state index contributed by atoms with van der Waals surface area (Å²) in [5, 5.41) is 15.2. The van der Waals surface area contributed by atoms with Gasteiger partial charge in [-0.05, 0) is 48.2 Å². The number of methoxy groups -OCH3 is 1. The summed E-state index contributed by atoms with van der Waals surface area (Å²) in [6, 6.07) is 15.7. The predicted molar refractivity (Wildman–Crippen MR) is 135 cm³/mol. The maximum Gasteiger partial charge on any atom is 0.270 e. The SMILES string of the molecule is COc1cccc(CNC(=O)c2cc(C(=O)NCc3ccc(C(=O)N4CCC(O)CC4)cc3)ncn2)c1. The van der Waals surface area contributed by atoms with E-state index in [4.69, 9.17) is 4.74 Å². The Morgan fingerprint density at radius 1 is 0.919 bits per heavy atom. The van der Waals surface area contributed by atoms with Crippen molar-refractivity contribution in [3.63, 3.8) is 0 Å². The van der Waals surface area contributed by atoms with Gasteiger partial charge in [0.2, 0.25) is 0 Å². The molecular formula is C27H29N5O5. The van der Waals surface area contributed by atoms with Crippen LogP contribution in [-0.4, -0.2) is 64.0 Å². The largest absolute Gasteiger partial charge is 0.497 e. The smallest absolute Gasteiger partial charge is 0.270 e. The maximum atomic E-state index is 12.6. The fourth-order valence-electron chi connectivity index (χ4n) is 3.95. The highest BCUT2D eigenvalue weighted by Crippen LogP contribution is 2.15. The van der Waals surface area contributed by atoms with Crippen molar-refractivity contribution in [3.05, 3.63) is 89.0 Å². The minimum atomic E-state index is -0.448. The molecule has 10 heteroatoms. The number of piperidine rings is 1. The van der Waals surface area contributed by atoms with Crippen LogP contribution < -0.4 is 15.4 Å². The minimum absolute atomic E-state index is 0.0688. The number of aromatic nitrogens is 2. The normalized spacial score (nSPS) is 13.6. The Morgan fingerprint density at radius 3 is 2.16 bits per heavy atom. The van der Waals surface area contributed by atoms with Gasteiger partial charge in [-0.25, -0.2) is 9.97 Å². The highest BCUT2D eigenvalue weighted by atomic mass is 16.5. The van der Waals surface area contributed by atoms with E-state index in [9.17, 15) is 19.5 Å². The molecule has 3 N–H and O–H groups in total. The van der Waals surface area contributed by atoms with E-state index in [1.54, 1.807) is 36.3 Å². The lowest BCUT2D eigenvalue weighted by Crippen LogP contribution is -2.40. The molecule has 0 atom stereocenters. The molecule has 3 amide bonds. The minimum Gasteiger partial charge on any atom is -0.497 e. The third-order valence-corrected chi connectivity index (χ3v) is 6.13. The highest BCUT2D eigenvalue weighted by Gasteiger charge is 2.22. The van der Waals surface area contributed by atoms with Crippen LogP contribution in [-0.2, 0) is 13.1 Å². The number of hydrogen-bond donors (Lipinski definition) is 3. The molecule has 0 unspecified atom stereocenters. The lowest BCUT2D eigenvalue weighted by atomic mass is 10.1. The zero-order valence-electron chi connectivity index (χ0n) is 20.5. The van der Waals surface area contributed by atoms with E-state index in [1.165, 1.54) is 12.4 Å². The predicted octanol–water partition coefficient (Wildman–Crippen LogP) is 1.94. The number of carbonyl (C=O) groups is 3.